The molecule has 0 atom stereocenters. The summed E-state index contributed by atoms with van der Waals surface area (Å²) in [4.78, 5) is 15.1. The number of H-pyrrole nitrogens is 1. The molecule has 2 aromatic carbocycles. The number of allylic oxidation sites excluding steroid dienone is 4. The lowest BCUT2D eigenvalue weighted by molar-refractivity contribution is -0.128. The Labute approximate surface area is 225 Å². The third-order valence-corrected chi connectivity index (χ3v) is 7.89. The smallest absolute Gasteiger partial charge is 0.264 e. The first-order chi connectivity index (χ1) is 17.8. The lowest BCUT2D eigenvalue weighted by atomic mass is 9.87. The number of nitrogens with two attached hydrogens (primary N) is 1. The van der Waals surface area contributed by atoms with Crippen molar-refractivity contribution in [3.8, 4) is 0 Å². The molecular formula is C29H37N5O3S. The maximum absolute atomic E-state index is 13.9. The molecule has 1 heterocycles. The number of aromatic amines is 1. The van der Waals surface area contributed by atoms with E-state index in [1.54, 1.807) is 48.7 Å². The third kappa shape index (κ3) is 6.92. The van der Waals surface area contributed by atoms with Gasteiger partial charge in [-0.25, -0.2) is 8.42 Å². The molecule has 0 fully saturated rings. The number of carbonyl (C=O) groups excluding carboxylic acids is 1. The SMILES string of the molecule is C=C(C)/C=C\C=C(/N)CN(CC)C(=O)CN(c1ccc2cn[nH]c2c1)S(=O)(=O)c1ccc(C(C)(C)C)cc1. The zero-order valence-electron chi connectivity index (χ0n) is 22.7. The quantitative estimate of drug-likeness (QED) is 0.359. The minimum atomic E-state index is -4.07. The number of aromatic nitrogens is 2. The van der Waals surface area contributed by atoms with E-state index < -0.39 is 10.0 Å². The molecular weight excluding hydrogens is 498 g/mol. The summed E-state index contributed by atoms with van der Waals surface area (Å²) >= 11 is 0. The first-order valence-electron chi connectivity index (χ1n) is 12.5. The van der Waals surface area contributed by atoms with Crippen molar-refractivity contribution < 1.29 is 13.2 Å². The third-order valence-electron chi connectivity index (χ3n) is 6.10. The van der Waals surface area contributed by atoms with Gasteiger partial charge >= 0.3 is 0 Å². The fourth-order valence-corrected chi connectivity index (χ4v) is 5.26. The van der Waals surface area contributed by atoms with Gasteiger partial charge in [0.15, 0.2) is 0 Å². The fourth-order valence-electron chi connectivity index (χ4n) is 3.86. The van der Waals surface area contributed by atoms with Crippen molar-refractivity contribution in [1.29, 1.82) is 0 Å². The Balaban J connectivity index is 1.97. The fraction of sp³-hybridized carbons (Fsp3) is 0.310. The number of benzene rings is 2. The normalized spacial score (nSPS) is 12.7. The molecule has 0 aliphatic rings. The van der Waals surface area contributed by atoms with Gasteiger partial charge < -0.3 is 10.6 Å². The first-order valence-corrected chi connectivity index (χ1v) is 13.9. The van der Waals surface area contributed by atoms with Crippen LogP contribution in [0.5, 0.6) is 0 Å². The average molecular weight is 536 g/mol. The van der Waals surface area contributed by atoms with Gasteiger partial charge in [-0.1, -0.05) is 57.2 Å². The molecule has 0 radical (unpaired) electrons. The van der Waals surface area contributed by atoms with Crippen LogP contribution in [0, 0.1) is 0 Å². The highest BCUT2D eigenvalue weighted by Crippen LogP contribution is 2.29. The van der Waals surface area contributed by atoms with Gasteiger partial charge in [-0.2, -0.15) is 5.10 Å². The highest BCUT2D eigenvalue weighted by molar-refractivity contribution is 7.92. The van der Waals surface area contributed by atoms with Crippen molar-refractivity contribution in [2.75, 3.05) is 23.9 Å². The largest absolute Gasteiger partial charge is 0.401 e. The van der Waals surface area contributed by atoms with E-state index in [4.69, 9.17) is 5.73 Å². The van der Waals surface area contributed by atoms with Gasteiger partial charge in [0.1, 0.15) is 6.54 Å². The summed E-state index contributed by atoms with van der Waals surface area (Å²) in [5, 5.41) is 7.73. The average Bonchev–Trinajstić information content (AvgIpc) is 3.33. The molecule has 3 aromatic rings. The molecule has 8 nitrogen and oxygen atoms in total. The van der Waals surface area contributed by atoms with E-state index >= 15 is 0 Å². The van der Waals surface area contributed by atoms with E-state index in [2.05, 4.69) is 37.5 Å². The first kappa shape index (κ1) is 28.7. The molecule has 9 heteroatoms. The summed E-state index contributed by atoms with van der Waals surface area (Å²) < 4.78 is 29.0. The second-order valence-corrected chi connectivity index (χ2v) is 12.1. The number of hydrogen-bond acceptors (Lipinski definition) is 5. The molecule has 0 saturated heterocycles. The number of anilines is 1. The maximum atomic E-state index is 13.9. The maximum Gasteiger partial charge on any atom is 0.264 e. The van der Waals surface area contributed by atoms with Gasteiger partial charge in [0, 0.05) is 17.6 Å². The molecule has 0 aliphatic heterocycles. The summed E-state index contributed by atoms with van der Waals surface area (Å²) in [5.74, 6) is -0.368. The van der Waals surface area contributed by atoms with Gasteiger partial charge in [0.2, 0.25) is 5.91 Å². The molecule has 202 valence electrons. The molecule has 3 N–H and O–H groups in total. The summed E-state index contributed by atoms with van der Waals surface area (Å²) in [6.45, 7) is 13.9. The Hall–Kier alpha value is -3.85. The zero-order valence-corrected chi connectivity index (χ0v) is 23.5. The van der Waals surface area contributed by atoms with Crippen LogP contribution in [0.2, 0.25) is 0 Å². The van der Waals surface area contributed by atoms with E-state index in [-0.39, 0.29) is 29.3 Å². The van der Waals surface area contributed by atoms with Gasteiger partial charge in [-0.15, -0.1) is 0 Å². The van der Waals surface area contributed by atoms with Crippen LogP contribution in [0.15, 0.2) is 89.6 Å². The number of nitrogens with zero attached hydrogens (tertiary/aromatic N) is 3. The molecule has 0 saturated carbocycles. The van der Waals surface area contributed by atoms with Crippen LogP contribution in [0.1, 0.15) is 40.2 Å². The van der Waals surface area contributed by atoms with Crippen LogP contribution in [-0.2, 0) is 20.2 Å². The number of fused-ring (bicyclic) bond motifs is 1. The van der Waals surface area contributed by atoms with E-state index in [0.717, 1.165) is 20.8 Å². The Morgan fingerprint density at radius 3 is 2.42 bits per heavy atom. The number of amides is 1. The Bertz CT molecular complexity index is 1460. The number of sulfonamides is 1. The standard InChI is InChI=1S/C29H37N5O3S/c1-7-33(19-24(30)10-8-9-21(2)3)28(35)20-34(25-14-11-22-18-31-32-27(22)17-25)38(36,37)26-15-12-23(13-16-26)29(4,5)6/h8-18H,2,7,19-20,30H2,1,3-6H3,(H,31,32)/b9-8-,24-10-. The minimum Gasteiger partial charge on any atom is -0.401 e. The van der Waals surface area contributed by atoms with Crippen LogP contribution in [0.25, 0.3) is 10.9 Å². The van der Waals surface area contributed by atoms with Crippen LogP contribution in [-0.4, -0.2) is 49.1 Å². The number of carbonyl (C=O) groups is 1. The lowest BCUT2D eigenvalue weighted by Gasteiger charge is -2.28. The van der Waals surface area contributed by atoms with Crippen LogP contribution >= 0.6 is 0 Å². The second kappa shape index (κ2) is 11.7. The summed E-state index contributed by atoms with van der Waals surface area (Å²) in [5.41, 5.74) is 9.40. The van der Waals surface area contributed by atoms with Crippen LogP contribution in [0.3, 0.4) is 0 Å². The summed E-state index contributed by atoms with van der Waals surface area (Å²) in [7, 11) is -4.07. The Morgan fingerprint density at radius 1 is 1.13 bits per heavy atom. The molecule has 0 bridgehead atoms. The highest BCUT2D eigenvalue weighted by atomic mass is 32.2. The molecule has 0 unspecified atom stereocenters. The number of likely N-dealkylation sites (N-methyl/N-ethyl adjacent to an activating group) is 1. The van der Waals surface area contributed by atoms with Crippen molar-refractivity contribution in [3.05, 3.63) is 90.3 Å². The van der Waals surface area contributed by atoms with Gasteiger partial charge in [0.05, 0.1) is 28.8 Å². The number of rotatable bonds is 10. The van der Waals surface area contributed by atoms with Gasteiger partial charge in [-0.05, 0) is 61.2 Å². The van der Waals surface area contributed by atoms with E-state index in [9.17, 15) is 13.2 Å². The zero-order chi connectivity index (χ0) is 28.1. The topological polar surface area (TPSA) is 112 Å². The lowest BCUT2D eigenvalue weighted by Crippen LogP contribution is -2.44. The molecule has 1 amide bonds. The monoisotopic (exact) mass is 535 g/mol. The van der Waals surface area contributed by atoms with E-state index in [0.29, 0.717) is 23.4 Å². The van der Waals surface area contributed by atoms with Crippen molar-refractivity contribution >= 4 is 32.5 Å². The Kier molecular flexibility index (Phi) is 8.83. The van der Waals surface area contributed by atoms with Crippen molar-refractivity contribution in [2.45, 2.75) is 44.9 Å². The second-order valence-electron chi connectivity index (χ2n) is 10.3. The minimum absolute atomic E-state index is 0.107. The van der Waals surface area contributed by atoms with Crippen molar-refractivity contribution in [1.82, 2.24) is 15.1 Å². The summed E-state index contributed by atoms with van der Waals surface area (Å²) in [6, 6.07) is 11.9. The van der Waals surface area contributed by atoms with Crippen LogP contribution < -0.4 is 10.0 Å². The molecule has 0 aliphatic carbocycles. The molecule has 0 spiro atoms. The highest BCUT2D eigenvalue weighted by Gasteiger charge is 2.29. The molecule has 38 heavy (non-hydrogen) atoms. The van der Waals surface area contributed by atoms with Crippen LogP contribution in [0.4, 0.5) is 5.69 Å². The van der Waals surface area contributed by atoms with Crippen molar-refractivity contribution in [2.24, 2.45) is 5.73 Å². The molecule has 3 rings (SSSR count). The Morgan fingerprint density at radius 2 is 1.82 bits per heavy atom. The predicted molar refractivity (Wildman–Crippen MR) is 154 cm³/mol. The molecule has 1 aromatic heterocycles. The van der Waals surface area contributed by atoms with Gasteiger partial charge in [-0.3, -0.25) is 14.2 Å². The predicted octanol–water partition coefficient (Wildman–Crippen LogP) is 4.88. The van der Waals surface area contributed by atoms with E-state index in [1.165, 1.54) is 4.90 Å². The van der Waals surface area contributed by atoms with E-state index in [1.807, 2.05) is 32.1 Å². The number of nitrogens with one attached hydrogen (secondary N) is 1. The van der Waals surface area contributed by atoms with Crippen molar-refractivity contribution in [3.63, 3.8) is 0 Å². The summed E-state index contributed by atoms with van der Waals surface area (Å²) in [6.07, 6.45) is 6.95. The number of hydrogen-bond donors (Lipinski definition) is 2. The van der Waals surface area contributed by atoms with Gasteiger partial charge in [0.25, 0.3) is 10.0 Å².